The van der Waals surface area contributed by atoms with E-state index in [0.717, 1.165) is 0 Å². The molecule has 0 aromatic heterocycles. The Labute approximate surface area is 196 Å². The summed E-state index contributed by atoms with van der Waals surface area (Å²) in [6.45, 7) is 12.1. The van der Waals surface area contributed by atoms with Crippen molar-refractivity contribution in [1.29, 1.82) is 0 Å². The van der Waals surface area contributed by atoms with Gasteiger partial charge in [-0.3, -0.25) is 0 Å². The van der Waals surface area contributed by atoms with Gasteiger partial charge in [-0.2, -0.15) is 0 Å². The molecule has 0 N–H and O–H groups in total. The second kappa shape index (κ2) is 19.8. The zero-order valence-electron chi connectivity index (χ0n) is 21.7. The van der Waals surface area contributed by atoms with Gasteiger partial charge in [-0.1, -0.05) is 134 Å². The number of hydrogen-bond donors (Lipinski definition) is 0. The van der Waals surface area contributed by atoms with Gasteiger partial charge in [-0.25, -0.2) is 0 Å². The van der Waals surface area contributed by atoms with Crippen LogP contribution < -0.4 is 0 Å². The highest BCUT2D eigenvalue weighted by Gasteiger charge is 2.22. The van der Waals surface area contributed by atoms with Gasteiger partial charge in [-0.05, 0) is 26.7 Å². The number of nitrogens with zero attached hydrogens (tertiary/aromatic N) is 1. The minimum Gasteiger partial charge on any atom is -0.320 e. The summed E-state index contributed by atoms with van der Waals surface area (Å²) in [4.78, 5) is 0. The van der Waals surface area contributed by atoms with E-state index in [1.165, 1.54) is 145 Å². The van der Waals surface area contributed by atoms with Crippen molar-refractivity contribution in [3.63, 3.8) is 0 Å². The topological polar surface area (TPSA) is 0 Å². The fourth-order valence-corrected chi connectivity index (χ4v) is 4.99. The second-order valence-electron chi connectivity index (χ2n) is 10.00. The maximum atomic E-state index is 2.38. The fourth-order valence-electron chi connectivity index (χ4n) is 4.99. The van der Waals surface area contributed by atoms with E-state index in [4.69, 9.17) is 0 Å². The zero-order chi connectivity index (χ0) is 22.5. The summed E-state index contributed by atoms with van der Waals surface area (Å²) in [5.74, 6) is 0. The zero-order valence-corrected chi connectivity index (χ0v) is 21.7. The Hall–Kier alpha value is -0.820. The Kier molecular flexibility index (Phi) is 18.1. The molecule has 0 spiro atoms. The van der Waals surface area contributed by atoms with Crippen molar-refractivity contribution in [3.05, 3.63) is 35.9 Å². The summed E-state index contributed by atoms with van der Waals surface area (Å²) in [5.41, 5.74) is 1.50. The molecule has 0 saturated heterocycles. The van der Waals surface area contributed by atoms with Crippen LogP contribution in [-0.2, 0) is 6.54 Å². The van der Waals surface area contributed by atoms with Gasteiger partial charge in [-0.15, -0.1) is 0 Å². The van der Waals surface area contributed by atoms with Gasteiger partial charge in [0.05, 0.1) is 19.6 Å². The van der Waals surface area contributed by atoms with Gasteiger partial charge in [0.1, 0.15) is 6.54 Å². The van der Waals surface area contributed by atoms with E-state index in [2.05, 4.69) is 51.1 Å². The van der Waals surface area contributed by atoms with E-state index in [-0.39, 0.29) is 0 Å². The van der Waals surface area contributed by atoms with Crippen LogP contribution in [0.3, 0.4) is 0 Å². The maximum absolute atomic E-state index is 2.38. The molecule has 0 aliphatic heterocycles. The summed E-state index contributed by atoms with van der Waals surface area (Å²) in [6.07, 6.45) is 24.7. The summed E-state index contributed by atoms with van der Waals surface area (Å²) >= 11 is 0. The Morgan fingerprint density at radius 1 is 0.484 bits per heavy atom. The molecule has 0 fully saturated rings. The molecule has 180 valence electrons. The number of quaternary nitrogens is 1. The van der Waals surface area contributed by atoms with Crippen molar-refractivity contribution in [3.8, 4) is 0 Å². The molecule has 0 aliphatic carbocycles. The SMILES string of the molecule is CCCCCCCCCCCCCCCCCCC[N+](CC)(CC)Cc1ccccc1. The summed E-state index contributed by atoms with van der Waals surface area (Å²) in [6, 6.07) is 11.1. The van der Waals surface area contributed by atoms with Gasteiger partial charge >= 0.3 is 0 Å². The van der Waals surface area contributed by atoms with Crippen LogP contribution in [0.5, 0.6) is 0 Å². The number of benzene rings is 1. The third-order valence-corrected chi connectivity index (χ3v) is 7.44. The molecule has 0 radical (unpaired) electrons. The first-order valence-corrected chi connectivity index (χ1v) is 14.2. The highest BCUT2D eigenvalue weighted by molar-refractivity contribution is 5.13. The Bertz CT molecular complexity index is 476. The molecular formula is C30H56N+. The molecule has 1 aromatic carbocycles. The lowest BCUT2D eigenvalue weighted by Crippen LogP contribution is -2.47. The molecule has 0 saturated carbocycles. The van der Waals surface area contributed by atoms with E-state index < -0.39 is 0 Å². The smallest absolute Gasteiger partial charge is 0.104 e. The van der Waals surface area contributed by atoms with E-state index >= 15 is 0 Å². The summed E-state index contributed by atoms with van der Waals surface area (Å²) < 4.78 is 1.25. The van der Waals surface area contributed by atoms with E-state index in [0.29, 0.717) is 0 Å². The van der Waals surface area contributed by atoms with Crippen LogP contribution in [0.2, 0.25) is 0 Å². The van der Waals surface area contributed by atoms with Crippen LogP contribution in [0.4, 0.5) is 0 Å². The maximum Gasteiger partial charge on any atom is 0.104 e. The average molecular weight is 431 g/mol. The molecule has 31 heavy (non-hydrogen) atoms. The molecule has 1 rings (SSSR count). The molecular weight excluding hydrogens is 374 g/mol. The Morgan fingerprint density at radius 3 is 1.26 bits per heavy atom. The lowest BCUT2D eigenvalue weighted by Gasteiger charge is -2.37. The predicted octanol–water partition coefficient (Wildman–Crippen LogP) is 9.69. The van der Waals surface area contributed by atoms with Gasteiger partial charge < -0.3 is 4.48 Å². The van der Waals surface area contributed by atoms with Crippen LogP contribution in [0.1, 0.15) is 135 Å². The predicted molar refractivity (Wildman–Crippen MR) is 141 cm³/mol. The molecule has 0 aliphatic rings. The van der Waals surface area contributed by atoms with Crippen LogP contribution in [0.25, 0.3) is 0 Å². The molecule has 0 unspecified atom stereocenters. The minimum atomic E-state index is 1.20. The Balaban J connectivity index is 1.93. The van der Waals surface area contributed by atoms with Crippen LogP contribution in [-0.4, -0.2) is 24.1 Å². The van der Waals surface area contributed by atoms with Crippen molar-refractivity contribution in [2.45, 2.75) is 136 Å². The molecule has 0 bridgehead atoms. The van der Waals surface area contributed by atoms with Gasteiger partial charge in [0.15, 0.2) is 0 Å². The van der Waals surface area contributed by atoms with Crippen LogP contribution in [0, 0.1) is 0 Å². The standard InChI is InChI=1S/C30H56N/c1-4-7-8-9-10-11-12-13-14-15-16-17-18-19-20-21-25-28-31(5-2,6-3)29-30-26-23-22-24-27-30/h22-24,26-27H,4-21,25,28-29H2,1-3H3/q+1. The Morgan fingerprint density at radius 2 is 0.871 bits per heavy atom. The average Bonchev–Trinajstić information content (AvgIpc) is 2.81. The van der Waals surface area contributed by atoms with Crippen LogP contribution in [0.15, 0.2) is 30.3 Å². The van der Waals surface area contributed by atoms with Gasteiger partial charge in [0.2, 0.25) is 0 Å². The van der Waals surface area contributed by atoms with Crippen molar-refractivity contribution in [1.82, 2.24) is 0 Å². The van der Waals surface area contributed by atoms with E-state index in [1.54, 1.807) is 0 Å². The van der Waals surface area contributed by atoms with Crippen LogP contribution >= 0.6 is 0 Å². The number of hydrogen-bond acceptors (Lipinski definition) is 0. The van der Waals surface area contributed by atoms with E-state index in [1.807, 2.05) is 0 Å². The molecule has 0 atom stereocenters. The first kappa shape index (κ1) is 28.2. The van der Waals surface area contributed by atoms with E-state index in [9.17, 15) is 0 Å². The molecule has 0 heterocycles. The lowest BCUT2D eigenvalue weighted by molar-refractivity contribution is -0.938. The lowest BCUT2D eigenvalue weighted by atomic mass is 10.0. The quantitative estimate of drug-likeness (QED) is 0.127. The number of rotatable bonds is 22. The highest BCUT2D eigenvalue weighted by Crippen LogP contribution is 2.18. The second-order valence-corrected chi connectivity index (χ2v) is 10.00. The molecule has 1 nitrogen and oxygen atoms in total. The van der Waals surface area contributed by atoms with Gasteiger partial charge in [0.25, 0.3) is 0 Å². The van der Waals surface area contributed by atoms with Crippen molar-refractivity contribution in [2.75, 3.05) is 19.6 Å². The molecule has 1 aromatic rings. The fraction of sp³-hybridized carbons (Fsp3) is 0.800. The first-order chi connectivity index (χ1) is 15.3. The minimum absolute atomic E-state index is 1.20. The third kappa shape index (κ3) is 14.8. The van der Waals surface area contributed by atoms with Crippen molar-refractivity contribution >= 4 is 0 Å². The monoisotopic (exact) mass is 430 g/mol. The van der Waals surface area contributed by atoms with Gasteiger partial charge in [0, 0.05) is 5.56 Å². The first-order valence-electron chi connectivity index (χ1n) is 14.2. The third-order valence-electron chi connectivity index (χ3n) is 7.44. The number of unbranched alkanes of at least 4 members (excludes halogenated alkanes) is 16. The highest BCUT2D eigenvalue weighted by atomic mass is 15.3. The summed E-state index contributed by atoms with van der Waals surface area (Å²) in [5, 5.41) is 0. The van der Waals surface area contributed by atoms with Crippen molar-refractivity contribution < 1.29 is 4.48 Å². The van der Waals surface area contributed by atoms with Crippen molar-refractivity contribution in [2.24, 2.45) is 0 Å². The molecule has 0 amide bonds. The summed E-state index contributed by atoms with van der Waals surface area (Å²) in [7, 11) is 0. The normalized spacial score (nSPS) is 11.8. The largest absolute Gasteiger partial charge is 0.320 e. The molecule has 1 heteroatoms.